The summed E-state index contributed by atoms with van der Waals surface area (Å²) in [7, 11) is 0. The van der Waals surface area contributed by atoms with Crippen LogP contribution in [0.1, 0.15) is 18.5 Å². The van der Waals surface area contributed by atoms with E-state index in [1.165, 1.54) is 6.20 Å². The van der Waals surface area contributed by atoms with Gasteiger partial charge in [0, 0.05) is 0 Å². The van der Waals surface area contributed by atoms with Crippen molar-refractivity contribution < 1.29 is 13.2 Å². The maximum atomic E-state index is 12.6. The topological polar surface area (TPSA) is 51.8 Å². The van der Waals surface area contributed by atoms with Gasteiger partial charge in [0.1, 0.15) is 10.0 Å². The second-order valence-corrected chi connectivity index (χ2v) is 4.57. The van der Waals surface area contributed by atoms with Crippen LogP contribution in [0.3, 0.4) is 0 Å². The van der Waals surface area contributed by atoms with Gasteiger partial charge in [0.2, 0.25) is 0 Å². The van der Waals surface area contributed by atoms with Crippen LogP contribution in [0.25, 0.3) is 0 Å². The molecule has 0 spiro atoms. The van der Waals surface area contributed by atoms with E-state index in [4.69, 9.17) is 5.73 Å². The normalized spacial score (nSPS) is 17.2. The molecular weight excluding hydrogens is 299 g/mol. The summed E-state index contributed by atoms with van der Waals surface area (Å²) in [6.45, 7) is 0. The van der Waals surface area contributed by atoms with Crippen LogP contribution in [0.2, 0.25) is 0 Å². The Labute approximate surface area is 104 Å². The Morgan fingerprint density at radius 2 is 2.06 bits per heavy atom. The molecule has 2 rings (SSSR count). The minimum Gasteiger partial charge on any atom is -0.381 e. The first-order valence-electron chi connectivity index (χ1n) is 4.72. The number of aromatic nitrogens is 2. The molecule has 90 valence electrons. The molecule has 0 amide bonds. The van der Waals surface area contributed by atoms with Gasteiger partial charge in [-0.3, -0.25) is 0 Å². The van der Waals surface area contributed by atoms with Crippen molar-refractivity contribution in [2.24, 2.45) is 5.41 Å². The lowest BCUT2D eigenvalue weighted by molar-refractivity contribution is -0.168. The van der Waals surface area contributed by atoms with Crippen molar-refractivity contribution in [2.45, 2.75) is 19.0 Å². The van der Waals surface area contributed by atoms with Crippen molar-refractivity contribution in [3.8, 4) is 11.8 Å². The average molecular weight is 306 g/mol. The first kappa shape index (κ1) is 12.2. The van der Waals surface area contributed by atoms with Gasteiger partial charge >= 0.3 is 6.18 Å². The van der Waals surface area contributed by atoms with Gasteiger partial charge in [-0.15, -0.1) is 0 Å². The molecule has 0 aliphatic heterocycles. The summed E-state index contributed by atoms with van der Waals surface area (Å²) in [5.74, 6) is 4.59. The van der Waals surface area contributed by atoms with Crippen molar-refractivity contribution in [2.75, 3.05) is 5.73 Å². The second kappa shape index (κ2) is 3.88. The van der Waals surface area contributed by atoms with Crippen molar-refractivity contribution in [1.29, 1.82) is 0 Å². The molecule has 7 heteroatoms. The minimum absolute atomic E-state index is 0.0184. The van der Waals surface area contributed by atoms with E-state index in [1.54, 1.807) is 0 Å². The highest BCUT2D eigenvalue weighted by molar-refractivity contribution is 9.10. The average Bonchev–Trinajstić information content (AvgIpc) is 2.96. The van der Waals surface area contributed by atoms with Gasteiger partial charge in [-0.1, -0.05) is 5.92 Å². The molecule has 0 unspecified atom stereocenters. The molecule has 0 aromatic carbocycles. The number of nitrogens with zero attached hydrogens (tertiary/aromatic N) is 2. The number of nitrogens with two attached hydrogens (primary N) is 1. The number of rotatable bonds is 0. The lowest BCUT2D eigenvalue weighted by atomic mass is 10.1. The maximum Gasteiger partial charge on any atom is 0.405 e. The molecule has 1 heterocycles. The lowest BCUT2D eigenvalue weighted by Gasteiger charge is -2.11. The maximum absolute atomic E-state index is 12.6. The van der Waals surface area contributed by atoms with E-state index in [-0.39, 0.29) is 24.4 Å². The van der Waals surface area contributed by atoms with Gasteiger partial charge in [-0.25, -0.2) is 9.97 Å². The van der Waals surface area contributed by atoms with E-state index >= 15 is 0 Å². The fourth-order valence-electron chi connectivity index (χ4n) is 1.26. The summed E-state index contributed by atoms with van der Waals surface area (Å²) >= 11 is 3.05. The Hall–Kier alpha value is -1.29. The Balaban J connectivity index is 2.28. The molecule has 17 heavy (non-hydrogen) atoms. The highest BCUT2D eigenvalue weighted by atomic mass is 79.9. The summed E-state index contributed by atoms with van der Waals surface area (Å²) < 4.78 is 38.2. The van der Waals surface area contributed by atoms with Gasteiger partial charge in [0.15, 0.2) is 11.5 Å². The van der Waals surface area contributed by atoms with Crippen molar-refractivity contribution in [3.05, 3.63) is 16.5 Å². The summed E-state index contributed by atoms with van der Waals surface area (Å²) in [5, 5.41) is 0. The smallest absolute Gasteiger partial charge is 0.381 e. The largest absolute Gasteiger partial charge is 0.405 e. The molecule has 1 aliphatic rings. The van der Waals surface area contributed by atoms with E-state index in [2.05, 4.69) is 37.7 Å². The van der Waals surface area contributed by atoms with E-state index in [1.807, 2.05) is 0 Å². The monoisotopic (exact) mass is 305 g/mol. The number of anilines is 1. The molecule has 0 radical (unpaired) electrons. The molecule has 1 aromatic heterocycles. The molecule has 1 fully saturated rings. The summed E-state index contributed by atoms with van der Waals surface area (Å²) in [4.78, 5) is 7.62. The number of nitrogen functional groups attached to an aromatic ring is 1. The Kier molecular flexibility index (Phi) is 2.78. The van der Waals surface area contributed by atoms with Crippen molar-refractivity contribution in [1.82, 2.24) is 9.97 Å². The van der Waals surface area contributed by atoms with Crippen LogP contribution in [0, 0.1) is 17.3 Å². The molecule has 0 bridgehead atoms. The summed E-state index contributed by atoms with van der Waals surface area (Å²) in [5.41, 5.74) is 3.70. The number of alkyl halides is 3. The Morgan fingerprint density at radius 1 is 1.41 bits per heavy atom. The van der Waals surface area contributed by atoms with E-state index in [0.717, 1.165) is 0 Å². The van der Waals surface area contributed by atoms with Gasteiger partial charge in [-0.05, 0) is 34.7 Å². The van der Waals surface area contributed by atoms with E-state index in [9.17, 15) is 13.2 Å². The van der Waals surface area contributed by atoms with Gasteiger partial charge in [0.25, 0.3) is 0 Å². The number of halogens is 4. The predicted molar refractivity (Wildman–Crippen MR) is 58.7 cm³/mol. The van der Waals surface area contributed by atoms with Crippen LogP contribution in [0.4, 0.5) is 19.0 Å². The molecule has 2 N–H and O–H groups in total. The first-order chi connectivity index (χ1) is 7.84. The quantitative estimate of drug-likeness (QED) is 0.749. The van der Waals surface area contributed by atoms with Crippen LogP contribution in [-0.4, -0.2) is 16.1 Å². The van der Waals surface area contributed by atoms with E-state index < -0.39 is 11.6 Å². The van der Waals surface area contributed by atoms with Crippen molar-refractivity contribution in [3.63, 3.8) is 0 Å². The van der Waals surface area contributed by atoms with Gasteiger partial charge in [-0.2, -0.15) is 13.2 Å². The molecule has 3 nitrogen and oxygen atoms in total. The molecule has 1 saturated carbocycles. The van der Waals surface area contributed by atoms with Crippen molar-refractivity contribution >= 4 is 21.7 Å². The third-order valence-electron chi connectivity index (χ3n) is 2.48. The standard InChI is InChI=1S/C10H7BrF3N3/c11-7-5-16-6(8(15)17-7)1-2-9(3-4-9)10(12,13)14/h5H,3-4H2,(H2,15,17). The Bertz CT molecular complexity index is 512. The fourth-order valence-corrected chi connectivity index (χ4v) is 1.55. The van der Waals surface area contributed by atoms with Crippen LogP contribution < -0.4 is 5.73 Å². The summed E-state index contributed by atoms with van der Waals surface area (Å²) in [6, 6.07) is 0. The molecule has 0 atom stereocenters. The molecular formula is C10H7BrF3N3. The van der Waals surface area contributed by atoms with Crippen LogP contribution in [0.15, 0.2) is 10.8 Å². The zero-order valence-corrected chi connectivity index (χ0v) is 10.1. The zero-order valence-electron chi connectivity index (χ0n) is 8.48. The minimum atomic E-state index is -4.29. The highest BCUT2D eigenvalue weighted by Gasteiger charge is 2.62. The second-order valence-electron chi connectivity index (χ2n) is 3.76. The van der Waals surface area contributed by atoms with Crippen LogP contribution >= 0.6 is 15.9 Å². The first-order valence-corrected chi connectivity index (χ1v) is 5.51. The van der Waals surface area contributed by atoms with Gasteiger partial charge < -0.3 is 5.73 Å². The van der Waals surface area contributed by atoms with Crippen LogP contribution in [-0.2, 0) is 0 Å². The lowest BCUT2D eigenvalue weighted by Crippen LogP contribution is -2.22. The third-order valence-corrected chi connectivity index (χ3v) is 2.86. The predicted octanol–water partition coefficient (Wildman–Crippen LogP) is 2.52. The fraction of sp³-hybridized carbons (Fsp3) is 0.400. The zero-order chi connectivity index (χ0) is 12.7. The third kappa shape index (κ3) is 2.36. The van der Waals surface area contributed by atoms with Crippen LogP contribution in [0.5, 0.6) is 0 Å². The molecule has 1 aromatic rings. The number of hydrogen-bond donors (Lipinski definition) is 1. The number of hydrogen-bond acceptors (Lipinski definition) is 3. The SMILES string of the molecule is Nc1nc(Br)cnc1C#CC1(C(F)(F)F)CC1. The molecule has 0 saturated heterocycles. The highest BCUT2D eigenvalue weighted by Crippen LogP contribution is 2.57. The summed E-state index contributed by atoms with van der Waals surface area (Å²) in [6.07, 6.45) is -2.88. The van der Waals surface area contributed by atoms with E-state index in [0.29, 0.717) is 4.60 Å². The van der Waals surface area contributed by atoms with Gasteiger partial charge in [0.05, 0.1) is 6.20 Å². The molecule has 1 aliphatic carbocycles. The Morgan fingerprint density at radius 3 is 2.53 bits per heavy atom.